The number of nitrogens with two attached hydrogens (primary N) is 1. The molecule has 6 nitrogen and oxygen atoms in total. The van der Waals surface area contributed by atoms with Gasteiger partial charge < -0.3 is 21.1 Å². The average molecular weight is 293 g/mol. The highest BCUT2D eigenvalue weighted by molar-refractivity contribution is 5.97. The molecular weight excluding hydrogens is 270 g/mol. The highest BCUT2D eigenvalue weighted by Crippen LogP contribution is 2.19. The Morgan fingerprint density at radius 1 is 1.33 bits per heavy atom. The first-order chi connectivity index (χ1) is 9.93. The topological polar surface area (TPSA) is 93.4 Å². The van der Waals surface area contributed by atoms with Gasteiger partial charge in [-0.1, -0.05) is 13.8 Å². The van der Waals surface area contributed by atoms with Gasteiger partial charge >= 0.3 is 5.97 Å². The molecule has 1 amide bonds. The molecule has 0 radical (unpaired) electrons. The summed E-state index contributed by atoms with van der Waals surface area (Å²) in [6.45, 7) is 6.76. The summed E-state index contributed by atoms with van der Waals surface area (Å²) in [4.78, 5) is 23.5. The van der Waals surface area contributed by atoms with Crippen molar-refractivity contribution in [3.63, 3.8) is 0 Å². The summed E-state index contributed by atoms with van der Waals surface area (Å²) in [7, 11) is 0. The molecule has 0 bridgehead atoms. The molecule has 0 saturated heterocycles. The summed E-state index contributed by atoms with van der Waals surface area (Å²) in [5.74, 6) is -0.203. The van der Waals surface area contributed by atoms with E-state index in [9.17, 15) is 9.59 Å². The lowest BCUT2D eigenvalue weighted by Gasteiger charge is -2.13. The van der Waals surface area contributed by atoms with E-state index in [0.717, 1.165) is 0 Å². The number of esters is 1. The molecule has 116 valence electrons. The molecule has 0 aliphatic heterocycles. The van der Waals surface area contributed by atoms with Gasteiger partial charge in [-0.2, -0.15) is 0 Å². The maximum Gasteiger partial charge on any atom is 0.340 e. The van der Waals surface area contributed by atoms with Crippen LogP contribution in [0.4, 0.5) is 11.4 Å². The summed E-state index contributed by atoms with van der Waals surface area (Å²) in [5.41, 5.74) is 7.01. The van der Waals surface area contributed by atoms with Gasteiger partial charge in [0.05, 0.1) is 18.7 Å². The fourth-order valence-electron chi connectivity index (χ4n) is 1.65. The van der Waals surface area contributed by atoms with E-state index in [4.69, 9.17) is 10.5 Å². The second kappa shape index (κ2) is 8.14. The highest BCUT2D eigenvalue weighted by Gasteiger charge is 2.13. The lowest BCUT2D eigenvalue weighted by atomic mass is 10.1. The van der Waals surface area contributed by atoms with Gasteiger partial charge in [-0.05, 0) is 31.0 Å². The summed E-state index contributed by atoms with van der Waals surface area (Å²) in [5, 5.41) is 5.73. The molecule has 0 aliphatic carbocycles. The Morgan fingerprint density at radius 3 is 2.67 bits per heavy atom. The van der Waals surface area contributed by atoms with Gasteiger partial charge in [0, 0.05) is 17.9 Å². The fraction of sp³-hybridized carbons (Fsp3) is 0.467. The number of hydrogen-bond donors (Lipinski definition) is 3. The molecule has 0 heterocycles. The summed E-state index contributed by atoms with van der Waals surface area (Å²) in [6, 6.07) is 4.86. The molecule has 21 heavy (non-hydrogen) atoms. The standard InChI is InChI=1S/C15H23N3O3/c1-4-21-15(20)12-7-11(16)5-6-13(12)17-9-14(19)18-8-10(2)3/h5-7,10,17H,4,8-9,16H2,1-3H3,(H,18,19). The van der Waals surface area contributed by atoms with Crippen molar-refractivity contribution in [3.05, 3.63) is 23.8 Å². The van der Waals surface area contributed by atoms with E-state index in [-0.39, 0.29) is 19.1 Å². The van der Waals surface area contributed by atoms with Crippen LogP contribution in [-0.4, -0.2) is 31.6 Å². The molecule has 1 aromatic carbocycles. The normalized spacial score (nSPS) is 10.3. The van der Waals surface area contributed by atoms with Crippen LogP contribution in [-0.2, 0) is 9.53 Å². The molecule has 0 aliphatic rings. The van der Waals surface area contributed by atoms with Crippen LogP contribution in [0.2, 0.25) is 0 Å². The van der Waals surface area contributed by atoms with Gasteiger partial charge in [0.25, 0.3) is 0 Å². The van der Waals surface area contributed by atoms with Crippen LogP contribution in [0.1, 0.15) is 31.1 Å². The third kappa shape index (κ3) is 5.72. The van der Waals surface area contributed by atoms with E-state index in [1.807, 2.05) is 13.8 Å². The van der Waals surface area contributed by atoms with Crippen LogP contribution in [0.15, 0.2) is 18.2 Å². The number of hydrogen-bond acceptors (Lipinski definition) is 5. The van der Waals surface area contributed by atoms with E-state index >= 15 is 0 Å². The van der Waals surface area contributed by atoms with Gasteiger partial charge in [-0.15, -0.1) is 0 Å². The SMILES string of the molecule is CCOC(=O)c1cc(N)ccc1NCC(=O)NCC(C)C. The molecular formula is C15H23N3O3. The number of rotatable bonds is 7. The zero-order valence-corrected chi connectivity index (χ0v) is 12.7. The number of amides is 1. The number of benzene rings is 1. The summed E-state index contributed by atoms with van der Waals surface area (Å²) in [6.07, 6.45) is 0. The molecule has 1 rings (SSSR count). The van der Waals surface area contributed by atoms with Crippen molar-refractivity contribution in [1.29, 1.82) is 0 Å². The third-order valence-electron chi connectivity index (χ3n) is 2.69. The minimum absolute atomic E-state index is 0.0864. The second-order valence-electron chi connectivity index (χ2n) is 5.08. The number of nitrogen functional groups attached to an aromatic ring is 1. The molecule has 0 saturated carbocycles. The van der Waals surface area contributed by atoms with Crippen molar-refractivity contribution >= 4 is 23.3 Å². The Labute approximate surface area is 125 Å². The number of carbonyl (C=O) groups is 2. The van der Waals surface area contributed by atoms with Crippen molar-refractivity contribution in [2.45, 2.75) is 20.8 Å². The van der Waals surface area contributed by atoms with E-state index in [1.54, 1.807) is 19.1 Å². The average Bonchev–Trinajstić information content (AvgIpc) is 2.43. The number of ether oxygens (including phenoxy) is 1. The molecule has 0 atom stereocenters. The number of nitrogens with one attached hydrogen (secondary N) is 2. The van der Waals surface area contributed by atoms with E-state index in [1.165, 1.54) is 6.07 Å². The Kier molecular flexibility index (Phi) is 6.52. The third-order valence-corrected chi connectivity index (χ3v) is 2.69. The highest BCUT2D eigenvalue weighted by atomic mass is 16.5. The minimum atomic E-state index is -0.463. The van der Waals surface area contributed by atoms with Crippen LogP contribution in [0.25, 0.3) is 0 Å². The second-order valence-corrected chi connectivity index (χ2v) is 5.08. The maximum absolute atomic E-state index is 11.9. The molecule has 6 heteroatoms. The number of anilines is 2. The predicted molar refractivity (Wildman–Crippen MR) is 83.1 cm³/mol. The maximum atomic E-state index is 11.9. The first-order valence-corrected chi connectivity index (χ1v) is 7.01. The van der Waals surface area contributed by atoms with Crippen LogP contribution < -0.4 is 16.4 Å². The van der Waals surface area contributed by atoms with Gasteiger partial charge in [0.2, 0.25) is 5.91 Å². The monoisotopic (exact) mass is 293 g/mol. The van der Waals surface area contributed by atoms with Gasteiger partial charge in [0.1, 0.15) is 0 Å². The Hall–Kier alpha value is -2.24. The van der Waals surface area contributed by atoms with Crippen molar-refractivity contribution in [2.75, 3.05) is 30.7 Å². The van der Waals surface area contributed by atoms with Crippen LogP contribution in [0.5, 0.6) is 0 Å². The number of carbonyl (C=O) groups excluding carboxylic acids is 2. The smallest absolute Gasteiger partial charge is 0.340 e. The lowest BCUT2D eigenvalue weighted by molar-refractivity contribution is -0.119. The molecule has 4 N–H and O–H groups in total. The molecule has 1 aromatic rings. The van der Waals surface area contributed by atoms with Crippen molar-refractivity contribution in [2.24, 2.45) is 5.92 Å². The minimum Gasteiger partial charge on any atom is -0.462 e. The lowest BCUT2D eigenvalue weighted by Crippen LogP contribution is -2.32. The van der Waals surface area contributed by atoms with Gasteiger partial charge in [-0.3, -0.25) is 4.79 Å². The zero-order valence-electron chi connectivity index (χ0n) is 12.7. The van der Waals surface area contributed by atoms with E-state index < -0.39 is 5.97 Å². The summed E-state index contributed by atoms with van der Waals surface area (Å²) >= 11 is 0. The Balaban J connectivity index is 2.70. The molecule has 0 spiro atoms. The Bertz CT molecular complexity index is 501. The van der Waals surface area contributed by atoms with Crippen molar-refractivity contribution in [3.8, 4) is 0 Å². The van der Waals surface area contributed by atoms with Crippen LogP contribution in [0.3, 0.4) is 0 Å². The van der Waals surface area contributed by atoms with Crippen molar-refractivity contribution in [1.82, 2.24) is 5.32 Å². The zero-order chi connectivity index (χ0) is 15.8. The molecule has 0 aromatic heterocycles. The van der Waals surface area contributed by atoms with Gasteiger partial charge in [-0.25, -0.2) is 4.79 Å². The van der Waals surface area contributed by atoms with Crippen LogP contribution >= 0.6 is 0 Å². The predicted octanol–water partition coefficient (Wildman–Crippen LogP) is 1.63. The Morgan fingerprint density at radius 2 is 2.05 bits per heavy atom. The first-order valence-electron chi connectivity index (χ1n) is 7.01. The molecule has 0 fully saturated rings. The van der Waals surface area contributed by atoms with Crippen molar-refractivity contribution < 1.29 is 14.3 Å². The first kappa shape index (κ1) is 16.8. The quantitative estimate of drug-likeness (QED) is 0.525. The van der Waals surface area contributed by atoms with E-state index in [0.29, 0.717) is 29.4 Å². The molecule has 0 unspecified atom stereocenters. The van der Waals surface area contributed by atoms with Crippen LogP contribution in [0, 0.1) is 5.92 Å². The largest absolute Gasteiger partial charge is 0.462 e. The van der Waals surface area contributed by atoms with Gasteiger partial charge in [0.15, 0.2) is 0 Å². The fourth-order valence-corrected chi connectivity index (χ4v) is 1.65. The van der Waals surface area contributed by atoms with E-state index in [2.05, 4.69) is 10.6 Å². The summed E-state index contributed by atoms with van der Waals surface area (Å²) < 4.78 is 4.97.